The summed E-state index contributed by atoms with van der Waals surface area (Å²) >= 11 is 0. The molecule has 0 fully saturated rings. The number of benzene rings is 2. The van der Waals surface area contributed by atoms with E-state index in [4.69, 9.17) is 4.74 Å². The van der Waals surface area contributed by atoms with Crippen molar-refractivity contribution in [3.63, 3.8) is 0 Å². The number of aromatic amines is 1. The van der Waals surface area contributed by atoms with Crippen LogP contribution in [0.4, 0.5) is 5.69 Å². The second-order valence-electron chi connectivity index (χ2n) is 5.27. The first-order valence-electron chi connectivity index (χ1n) is 6.74. The first-order valence-corrected chi connectivity index (χ1v) is 8.63. The molecule has 0 atom stereocenters. The van der Waals surface area contributed by atoms with E-state index in [1.807, 2.05) is 0 Å². The van der Waals surface area contributed by atoms with Crippen LogP contribution in [0.2, 0.25) is 0 Å². The second kappa shape index (κ2) is 4.56. The highest BCUT2D eigenvalue weighted by atomic mass is 32.2. The van der Waals surface area contributed by atoms with Crippen molar-refractivity contribution in [3.05, 3.63) is 46.8 Å². The van der Waals surface area contributed by atoms with Gasteiger partial charge in [-0.15, -0.1) is 0 Å². The second-order valence-corrected chi connectivity index (χ2v) is 7.02. The topological polar surface area (TPSA) is 101 Å². The summed E-state index contributed by atoms with van der Waals surface area (Å²) in [6.45, 7) is 0. The highest BCUT2D eigenvalue weighted by Crippen LogP contribution is 2.45. The van der Waals surface area contributed by atoms with Gasteiger partial charge in [-0.3, -0.25) is 9.52 Å². The summed E-state index contributed by atoms with van der Waals surface area (Å²) in [6, 6.07) is 10.1. The van der Waals surface area contributed by atoms with Gasteiger partial charge in [-0.2, -0.15) is 5.10 Å². The van der Waals surface area contributed by atoms with E-state index in [0.29, 0.717) is 39.2 Å². The van der Waals surface area contributed by atoms with Crippen LogP contribution in [0, 0.1) is 0 Å². The van der Waals surface area contributed by atoms with Gasteiger partial charge >= 0.3 is 0 Å². The first kappa shape index (κ1) is 13.8. The van der Waals surface area contributed by atoms with Crippen LogP contribution in [0.3, 0.4) is 0 Å². The monoisotopic (exact) mass is 329 g/mol. The largest absolute Gasteiger partial charge is 0.456 e. The summed E-state index contributed by atoms with van der Waals surface area (Å²) in [5.41, 5.74) is 1.26. The number of sulfonamides is 1. The normalized spacial score (nSPS) is 12.6. The fraction of sp³-hybridized carbons (Fsp3) is 0.0667. The smallest absolute Gasteiger partial charge is 0.272 e. The van der Waals surface area contributed by atoms with Crippen molar-refractivity contribution in [2.24, 2.45) is 0 Å². The number of hydrogen-bond donors (Lipinski definition) is 2. The molecule has 1 aliphatic rings. The maximum absolute atomic E-state index is 11.9. The van der Waals surface area contributed by atoms with Crippen molar-refractivity contribution in [2.45, 2.75) is 0 Å². The first-order chi connectivity index (χ1) is 10.9. The Bertz CT molecular complexity index is 1120. The van der Waals surface area contributed by atoms with Gasteiger partial charge in [-0.1, -0.05) is 6.07 Å². The number of fused-ring (bicyclic) bond motifs is 2. The molecule has 4 rings (SSSR count). The molecule has 7 nitrogen and oxygen atoms in total. The Labute approximate surface area is 131 Å². The van der Waals surface area contributed by atoms with Crippen molar-refractivity contribution >= 4 is 26.5 Å². The van der Waals surface area contributed by atoms with Gasteiger partial charge in [0.15, 0.2) is 0 Å². The minimum atomic E-state index is -3.39. The Morgan fingerprint density at radius 3 is 2.78 bits per heavy atom. The third kappa shape index (κ3) is 2.23. The number of aromatic nitrogens is 2. The van der Waals surface area contributed by atoms with Gasteiger partial charge in [0.2, 0.25) is 10.0 Å². The van der Waals surface area contributed by atoms with Crippen LogP contribution >= 0.6 is 0 Å². The van der Waals surface area contributed by atoms with Gasteiger partial charge in [-0.05, 0) is 30.3 Å². The molecular weight excluding hydrogens is 318 g/mol. The standard InChI is InChI=1S/C15H11N3O4S/c1-23(20,21)18-8-5-6-11-10(7-8)14-13-9(15(19)17-16-14)3-2-4-12(13)22-11/h2-7,18H,1H3,(H,17,19). The Morgan fingerprint density at radius 1 is 1.17 bits per heavy atom. The average molecular weight is 329 g/mol. The fourth-order valence-corrected chi connectivity index (χ4v) is 3.22. The molecular formula is C15H11N3O4S. The highest BCUT2D eigenvalue weighted by Gasteiger charge is 2.23. The molecule has 2 N–H and O–H groups in total. The zero-order valence-corrected chi connectivity index (χ0v) is 12.8. The summed E-state index contributed by atoms with van der Waals surface area (Å²) in [6.07, 6.45) is 1.08. The van der Waals surface area contributed by atoms with E-state index < -0.39 is 10.0 Å². The summed E-state index contributed by atoms with van der Waals surface area (Å²) in [4.78, 5) is 11.9. The molecule has 3 aromatic rings. The summed E-state index contributed by atoms with van der Waals surface area (Å²) in [5, 5.41) is 7.67. The molecule has 0 amide bonds. The number of nitrogens with zero attached hydrogens (tertiary/aromatic N) is 1. The third-order valence-electron chi connectivity index (χ3n) is 3.53. The zero-order valence-electron chi connectivity index (χ0n) is 12.0. The van der Waals surface area contributed by atoms with Crippen LogP contribution < -0.4 is 15.0 Å². The van der Waals surface area contributed by atoms with Crippen LogP contribution in [-0.4, -0.2) is 24.9 Å². The van der Waals surface area contributed by atoms with Crippen molar-refractivity contribution in [1.82, 2.24) is 10.2 Å². The van der Waals surface area contributed by atoms with Gasteiger partial charge in [-0.25, -0.2) is 13.5 Å². The minimum absolute atomic E-state index is 0.303. The summed E-state index contributed by atoms with van der Waals surface area (Å²) < 4.78 is 31.0. The summed E-state index contributed by atoms with van der Waals surface area (Å²) in [5.74, 6) is 1.09. The highest BCUT2D eigenvalue weighted by molar-refractivity contribution is 7.92. The molecule has 8 heteroatoms. The number of H-pyrrole nitrogens is 1. The predicted octanol–water partition coefficient (Wildman–Crippen LogP) is 2.07. The van der Waals surface area contributed by atoms with E-state index >= 15 is 0 Å². The average Bonchev–Trinajstić information content (AvgIpc) is 2.49. The Kier molecular flexibility index (Phi) is 2.73. The van der Waals surface area contributed by atoms with Crippen LogP contribution in [0.15, 0.2) is 41.2 Å². The van der Waals surface area contributed by atoms with Crippen LogP contribution in [0.5, 0.6) is 11.5 Å². The van der Waals surface area contributed by atoms with E-state index in [-0.39, 0.29) is 5.56 Å². The maximum Gasteiger partial charge on any atom is 0.272 e. The molecule has 0 saturated heterocycles. The van der Waals surface area contributed by atoms with Crippen molar-refractivity contribution in [3.8, 4) is 22.8 Å². The predicted molar refractivity (Wildman–Crippen MR) is 86.3 cm³/mol. The van der Waals surface area contributed by atoms with Gasteiger partial charge in [0.25, 0.3) is 5.56 Å². The number of ether oxygens (including phenoxy) is 1. The number of anilines is 1. The molecule has 0 radical (unpaired) electrons. The van der Waals surface area contributed by atoms with Gasteiger partial charge < -0.3 is 4.74 Å². The van der Waals surface area contributed by atoms with Gasteiger partial charge in [0, 0.05) is 11.3 Å². The van der Waals surface area contributed by atoms with E-state index in [1.54, 1.807) is 36.4 Å². The lowest BCUT2D eigenvalue weighted by atomic mass is 10.0. The molecule has 0 unspecified atom stereocenters. The summed E-state index contributed by atoms with van der Waals surface area (Å²) in [7, 11) is -3.39. The molecule has 0 bridgehead atoms. The molecule has 0 aliphatic carbocycles. The molecule has 2 aromatic carbocycles. The van der Waals surface area contributed by atoms with E-state index in [9.17, 15) is 13.2 Å². The fourth-order valence-electron chi connectivity index (χ4n) is 2.67. The maximum atomic E-state index is 11.9. The van der Waals surface area contributed by atoms with E-state index in [2.05, 4.69) is 14.9 Å². The van der Waals surface area contributed by atoms with Gasteiger partial charge in [0.1, 0.15) is 17.2 Å². The van der Waals surface area contributed by atoms with Crippen molar-refractivity contribution < 1.29 is 13.2 Å². The number of nitrogens with one attached hydrogen (secondary N) is 2. The van der Waals surface area contributed by atoms with Crippen LogP contribution in [0.1, 0.15) is 0 Å². The number of rotatable bonds is 2. The lowest BCUT2D eigenvalue weighted by molar-refractivity contribution is 0.486. The van der Waals surface area contributed by atoms with Crippen molar-refractivity contribution in [2.75, 3.05) is 11.0 Å². The minimum Gasteiger partial charge on any atom is -0.456 e. The van der Waals surface area contributed by atoms with Crippen molar-refractivity contribution in [1.29, 1.82) is 0 Å². The third-order valence-corrected chi connectivity index (χ3v) is 4.14. The quantitative estimate of drug-likeness (QED) is 0.586. The molecule has 116 valence electrons. The molecule has 23 heavy (non-hydrogen) atoms. The Hall–Kier alpha value is -2.87. The van der Waals surface area contributed by atoms with E-state index in [1.165, 1.54) is 0 Å². The Morgan fingerprint density at radius 2 is 2.00 bits per heavy atom. The Balaban J connectivity index is 2.00. The lowest BCUT2D eigenvalue weighted by Gasteiger charge is -2.20. The SMILES string of the molecule is CS(=O)(=O)Nc1ccc2c(c1)-c1n[nH]c(=O)c3cccc(c13)O2. The molecule has 1 aliphatic heterocycles. The van der Waals surface area contributed by atoms with Crippen LogP contribution in [0.25, 0.3) is 22.0 Å². The zero-order chi connectivity index (χ0) is 16.2. The van der Waals surface area contributed by atoms with E-state index in [0.717, 1.165) is 6.26 Å². The lowest BCUT2D eigenvalue weighted by Crippen LogP contribution is -2.13. The van der Waals surface area contributed by atoms with Gasteiger partial charge in [0.05, 0.1) is 17.0 Å². The molecule has 2 heterocycles. The molecule has 1 aromatic heterocycles. The number of hydrogen-bond acceptors (Lipinski definition) is 5. The molecule has 0 spiro atoms. The molecule has 0 saturated carbocycles. The van der Waals surface area contributed by atoms with Crippen LogP contribution in [-0.2, 0) is 10.0 Å².